The van der Waals surface area contributed by atoms with E-state index < -0.39 is 7.26 Å². The molecule has 0 aliphatic heterocycles. The molecular weight excluding hydrogens is 487 g/mol. The Labute approximate surface area is 249 Å². The number of benzene rings is 1. The number of hydrogen-bond acceptors (Lipinski definition) is 0. The molecule has 1 aromatic carbocycles. The maximum atomic E-state index is 2.37. The molecule has 0 spiro atoms. The van der Waals surface area contributed by atoms with E-state index >= 15 is 0 Å². The van der Waals surface area contributed by atoms with Crippen LogP contribution in [-0.2, 0) is 0 Å². The minimum Gasteiger partial charge on any atom is -0.0623 e. The molecule has 0 heterocycles. The molecule has 1 heteroatoms. The average Bonchev–Trinajstić information content (AvgIpc) is 2.97. The molecule has 0 aromatic heterocycles. The fraction of sp³-hybridized carbons (Fsp3) is 0.842. The van der Waals surface area contributed by atoms with Crippen molar-refractivity contribution in [2.45, 2.75) is 182 Å². The normalized spacial score (nSPS) is 11.8. The maximum Gasteiger partial charge on any atom is -0.0623 e. The summed E-state index contributed by atoms with van der Waals surface area (Å²) in [6.45, 7) is 9.42. The van der Waals surface area contributed by atoms with Gasteiger partial charge in [0.25, 0.3) is 0 Å². The third-order valence-corrected chi connectivity index (χ3v) is 14.6. The zero-order chi connectivity index (χ0) is 28.5. The second kappa shape index (κ2) is 32.2. The molecule has 0 saturated carbocycles. The van der Waals surface area contributed by atoms with E-state index in [0.717, 1.165) is 0 Å². The van der Waals surface area contributed by atoms with Crippen LogP contribution in [0, 0.1) is 0 Å². The molecule has 0 unspecified atom stereocenters. The van der Waals surface area contributed by atoms with Crippen LogP contribution in [0.25, 0.3) is 0 Å². The van der Waals surface area contributed by atoms with Gasteiger partial charge in [0.05, 0.1) is 0 Å². The standard InChI is InChI=1S/C32H69P.C6H6/c1-5-9-13-17-18-19-20-21-22-23-24-28-32-33(29-25-14-10-6-2,30-26-15-11-7-3)31-27-16-12-8-4;1-2-4-6-5-3-1/h33H,5-32H2,1-4H3;1-6H. The summed E-state index contributed by atoms with van der Waals surface area (Å²) in [7, 11) is -1.04. The molecule has 0 aliphatic rings. The van der Waals surface area contributed by atoms with Crippen LogP contribution < -0.4 is 0 Å². The summed E-state index contributed by atoms with van der Waals surface area (Å²) in [5, 5.41) is 0. The van der Waals surface area contributed by atoms with Gasteiger partial charge in [-0.3, -0.25) is 0 Å². The Balaban J connectivity index is 0.00000210. The third-order valence-electron chi connectivity index (χ3n) is 8.91. The first-order valence-corrected chi connectivity index (χ1v) is 21.1. The second-order valence-electron chi connectivity index (χ2n) is 12.7. The van der Waals surface area contributed by atoms with E-state index in [-0.39, 0.29) is 0 Å². The Hall–Kier alpha value is -0.350. The van der Waals surface area contributed by atoms with Crippen LogP contribution in [0.3, 0.4) is 0 Å². The summed E-state index contributed by atoms with van der Waals surface area (Å²) in [5.41, 5.74) is 0. The van der Waals surface area contributed by atoms with Crippen molar-refractivity contribution >= 4 is 7.26 Å². The molecule has 0 nitrogen and oxygen atoms in total. The van der Waals surface area contributed by atoms with Gasteiger partial charge in [-0.2, -0.15) is 0 Å². The van der Waals surface area contributed by atoms with Crippen molar-refractivity contribution in [1.82, 2.24) is 0 Å². The fourth-order valence-electron chi connectivity index (χ4n) is 6.26. The van der Waals surface area contributed by atoms with Crippen LogP contribution in [-0.4, -0.2) is 24.6 Å². The molecule has 0 amide bonds. The monoisotopic (exact) mass is 563 g/mol. The van der Waals surface area contributed by atoms with Crippen LogP contribution in [0.5, 0.6) is 0 Å². The second-order valence-corrected chi connectivity index (χ2v) is 17.7. The van der Waals surface area contributed by atoms with Crippen LogP contribution >= 0.6 is 7.26 Å². The molecule has 0 saturated heterocycles. The molecule has 0 N–H and O–H groups in total. The van der Waals surface area contributed by atoms with Crippen LogP contribution in [0.1, 0.15) is 182 Å². The fourth-order valence-corrected chi connectivity index (χ4v) is 11.8. The van der Waals surface area contributed by atoms with Gasteiger partial charge in [0.2, 0.25) is 0 Å². The van der Waals surface area contributed by atoms with Gasteiger partial charge in [-0.05, 0) is 0 Å². The van der Waals surface area contributed by atoms with E-state index in [4.69, 9.17) is 0 Å². The van der Waals surface area contributed by atoms with E-state index in [1.165, 1.54) is 128 Å². The van der Waals surface area contributed by atoms with Crippen molar-refractivity contribution in [3.05, 3.63) is 36.4 Å². The molecule has 0 bridgehead atoms. The Morgan fingerprint density at radius 1 is 0.256 bits per heavy atom. The molecular formula is C38H75P. The SMILES string of the molecule is CCCCCCCCCCCCCC[PH](CCCCCC)(CCCCCC)CCCCCC.c1ccccc1. The van der Waals surface area contributed by atoms with E-state index in [2.05, 4.69) is 27.7 Å². The third kappa shape index (κ3) is 27.6. The van der Waals surface area contributed by atoms with E-state index in [1.54, 1.807) is 50.3 Å². The summed E-state index contributed by atoms with van der Waals surface area (Å²) in [4.78, 5) is 0. The zero-order valence-corrected chi connectivity index (χ0v) is 28.8. The molecule has 0 atom stereocenters. The van der Waals surface area contributed by atoms with Crippen molar-refractivity contribution in [2.24, 2.45) is 0 Å². The van der Waals surface area contributed by atoms with Crippen LogP contribution in [0.4, 0.5) is 0 Å². The average molecular weight is 563 g/mol. The largest absolute Gasteiger partial charge is 0.0623 e. The van der Waals surface area contributed by atoms with Crippen molar-refractivity contribution < 1.29 is 0 Å². The zero-order valence-electron chi connectivity index (χ0n) is 27.8. The molecule has 0 radical (unpaired) electrons. The van der Waals surface area contributed by atoms with Crippen LogP contribution in [0.2, 0.25) is 0 Å². The van der Waals surface area contributed by atoms with Crippen molar-refractivity contribution in [2.75, 3.05) is 24.6 Å². The number of rotatable bonds is 28. The van der Waals surface area contributed by atoms with E-state index in [1.807, 2.05) is 36.4 Å². The summed E-state index contributed by atoms with van der Waals surface area (Å²) in [6, 6.07) is 12.0. The Bertz CT molecular complexity index is 481. The minimum absolute atomic E-state index is 1.04. The number of hydrogen-bond donors (Lipinski definition) is 0. The molecule has 1 rings (SSSR count). The molecule has 0 aliphatic carbocycles. The maximum absolute atomic E-state index is 2.37. The van der Waals surface area contributed by atoms with Gasteiger partial charge in [-0.15, -0.1) is 0 Å². The van der Waals surface area contributed by atoms with Crippen molar-refractivity contribution in [3.63, 3.8) is 0 Å². The summed E-state index contributed by atoms with van der Waals surface area (Å²) in [5.74, 6) is 0. The predicted molar refractivity (Wildman–Crippen MR) is 188 cm³/mol. The molecule has 232 valence electrons. The summed E-state index contributed by atoms with van der Waals surface area (Å²) < 4.78 is 0. The van der Waals surface area contributed by atoms with Crippen LogP contribution in [0.15, 0.2) is 36.4 Å². The van der Waals surface area contributed by atoms with Gasteiger partial charge in [-0.1, -0.05) is 49.7 Å². The smallest absolute Gasteiger partial charge is 0.0623 e. The predicted octanol–water partition coefficient (Wildman–Crippen LogP) is 13.9. The molecule has 39 heavy (non-hydrogen) atoms. The topological polar surface area (TPSA) is 0 Å². The quantitative estimate of drug-likeness (QED) is 0.0703. The van der Waals surface area contributed by atoms with E-state index in [9.17, 15) is 0 Å². The molecule has 1 aromatic rings. The van der Waals surface area contributed by atoms with Gasteiger partial charge in [0, 0.05) is 0 Å². The Kier molecular flexibility index (Phi) is 31.9. The first-order valence-electron chi connectivity index (χ1n) is 18.2. The number of unbranched alkanes of at least 4 members (excludes halogenated alkanes) is 20. The van der Waals surface area contributed by atoms with Gasteiger partial charge in [0.1, 0.15) is 0 Å². The molecule has 0 fully saturated rings. The van der Waals surface area contributed by atoms with Gasteiger partial charge >= 0.3 is 200 Å². The van der Waals surface area contributed by atoms with Gasteiger partial charge < -0.3 is 0 Å². The van der Waals surface area contributed by atoms with Crippen molar-refractivity contribution in [1.29, 1.82) is 0 Å². The van der Waals surface area contributed by atoms with Crippen molar-refractivity contribution in [3.8, 4) is 0 Å². The first kappa shape index (κ1) is 38.6. The minimum atomic E-state index is -1.04. The summed E-state index contributed by atoms with van der Waals surface area (Å²) in [6.07, 6.45) is 42.3. The van der Waals surface area contributed by atoms with E-state index in [0.29, 0.717) is 0 Å². The first-order chi connectivity index (χ1) is 19.2. The Morgan fingerprint density at radius 2 is 0.436 bits per heavy atom. The Morgan fingerprint density at radius 3 is 0.667 bits per heavy atom. The van der Waals surface area contributed by atoms with Gasteiger partial charge in [-0.25, -0.2) is 0 Å². The summed E-state index contributed by atoms with van der Waals surface area (Å²) >= 11 is 0. The van der Waals surface area contributed by atoms with Gasteiger partial charge in [0.15, 0.2) is 0 Å².